The van der Waals surface area contributed by atoms with E-state index in [4.69, 9.17) is 34.7 Å². The van der Waals surface area contributed by atoms with Crippen LogP contribution in [-0.2, 0) is 48.6 Å². The number of aliphatic hydroxyl groups is 1. The third-order valence-corrected chi connectivity index (χ3v) is 26.3. The second-order valence-electron chi connectivity index (χ2n) is 37.2. The first-order chi connectivity index (χ1) is 64.8. The van der Waals surface area contributed by atoms with Crippen molar-refractivity contribution in [3.63, 3.8) is 0 Å². The molecule has 1 aromatic heterocycles. The van der Waals surface area contributed by atoms with Crippen LogP contribution in [0.1, 0.15) is 202 Å². The Balaban J connectivity index is 0.000000222. The number of sulfonamides is 2. The molecule has 7 aromatic carbocycles. The number of fused-ring (bicyclic) bond motifs is 3. The molecule has 0 aliphatic carbocycles. The van der Waals surface area contributed by atoms with Crippen molar-refractivity contribution in [3.05, 3.63) is 234 Å². The smallest absolute Gasteiger partial charge is 0.475 e. The van der Waals surface area contributed by atoms with Gasteiger partial charge in [-0.2, -0.15) is 31.5 Å². The zero-order valence-corrected chi connectivity index (χ0v) is 86.3. The molecule has 0 bridgehead atoms. The van der Waals surface area contributed by atoms with Gasteiger partial charge in [0.05, 0.1) is 40.2 Å². The summed E-state index contributed by atoms with van der Waals surface area (Å²) in [6, 6.07) is 41.4. The number of rotatable bonds is 12. The molecule has 0 radical (unpaired) electrons. The molecule has 14 rings (SSSR count). The number of aromatic nitrogens is 2. The van der Waals surface area contributed by atoms with Crippen molar-refractivity contribution in [3.8, 4) is 11.3 Å². The van der Waals surface area contributed by atoms with Crippen molar-refractivity contribution in [1.29, 1.82) is 0 Å². The number of para-hydroxylation sites is 1. The number of anilines is 1. The number of carboxylic acid groups (broad SMARTS) is 1. The minimum atomic E-state index is -5.08. The molecule has 6 N–H and O–H groups in total. The summed E-state index contributed by atoms with van der Waals surface area (Å²) in [5.74, 6) is 1.18. The van der Waals surface area contributed by atoms with Crippen LogP contribution in [0.5, 0.6) is 0 Å². The molecule has 139 heavy (non-hydrogen) atoms. The number of aldehydes is 1. The topological polar surface area (TPSA) is 379 Å². The molecule has 6 aliphatic rings. The zero-order chi connectivity index (χ0) is 103. The lowest BCUT2D eigenvalue weighted by Gasteiger charge is -2.37. The number of nitrogens with zero attached hydrogens (tertiary/aromatic N) is 8. The van der Waals surface area contributed by atoms with Crippen LogP contribution in [0.15, 0.2) is 192 Å². The summed E-state index contributed by atoms with van der Waals surface area (Å²) in [4.78, 5) is 108. The van der Waals surface area contributed by atoms with Crippen LogP contribution < -0.4 is 20.4 Å². The minimum Gasteiger partial charge on any atom is -0.475 e. The molecule has 758 valence electrons. The van der Waals surface area contributed by atoms with Gasteiger partial charge in [0.2, 0.25) is 0 Å². The van der Waals surface area contributed by atoms with Gasteiger partial charge in [-0.05, 0) is 268 Å². The number of ether oxygens (including phenoxy) is 4. The number of nitrogens with two attached hydrogens (primary N) is 1. The maximum atomic E-state index is 13.9. The second kappa shape index (κ2) is 51.6. The number of alkyl halides is 3. The van der Waals surface area contributed by atoms with Gasteiger partial charge in [-0.1, -0.05) is 101 Å². The van der Waals surface area contributed by atoms with E-state index in [0.29, 0.717) is 146 Å². The first kappa shape index (κ1) is 115. The largest absolute Gasteiger partial charge is 0.490 e. The van der Waals surface area contributed by atoms with E-state index < -0.39 is 72.3 Å². The number of likely N-dealkylation sites (tertiary alicyclic amines) is 4. The van der Waals surface area contributed by atoms with Gasteiger partial charge in [-0.3, -0.25) is 20.2 Å². The molecule has 5 saturated heterocycles. The van der Waals surface area contributed by atoms with Crippen LogP contribution in [0.3, 0.4) is 0 Å². The summed E-state index contributed by atoms with van der Waals surface area (Å²) in [5.41, 5.74) is 6.59. The number of carboxylic acids is 1. The highest BCUT2D eigenvalue weighted by atomic mass is 79.9. The van der Waals surface area contributed by atoms with Crippen molar-refractivity contribution in [2.45, 2.75) is 212 Å². The van der Waals surface area contributed by atoms with Gasteiger partial charge < -0.3 is 58.2 Å². The normalized spacial score (nSPS) is 16.1. The molecule has 7 heterocycles. The summed E-state index contributed by atoms with van der Waals surface area (Å²) in [5, 5.41) is 21.7. The molecule has 0 saturated carbocycles. The predicted octanol–water partition coefficient (Wildman–Crippen LogP) is 20.6. The third-order valence-electron chi connectivity index (χ3n) is 21.7. The van der Waals surface area contributed by atoms with Crippen molar-refractivity contribution in [2.75, 3.05) is 70.3 Å². The second-order valence-corrected chi connectivity index (χ2v) is 43.2. The Bertz CT molecular complexity index is 5740. The number of piperidine rings is 5. The van der Waals surface area contributed by atoms with E-state index in [2.05, 4.69) is 103 Å². The number of nitrogens with one attached hydrogen (secondary N) is 2. The van der Waals surface area contributed by atoms with Crippen LogP contribution in [0.4, 0.5) is 55.6 Å². The number of ketones is 2. The Morgan fingerprint density at radius 2 is 0.935 bits per heavy atom. The van der Waals surface area contributed by atoms with Crippen molar-refractivity contribution in [1.82, 2.24) is 38.8 Å². The number of hydrogen-bond donors (Lipinski definition) is 5. The first-order valence-corrected chi connectivity index (χ1v) is 50.0. The summed E-state index contributed by atoms with van der Waals surface area (Å²) >= 11 is 9.74. The van der Waals surface area contributed by atoms with Crippen molar-refractivity contribution in [2.24, 2.45) is 28.7 Å². The Hall–Kier alpha value is -10.7. The number of aliphatic hydroxyl groups excluding tert-OH is 1. The number of imidazole rings is 1. The average molecular weight is 2180 g/mol. The molecular weight excluding hydrogens is 2060 g/mol. The maximum Gasteiger partial charge on any atom is 0.490 e. The molecule has 0 spiro atoms. The Morgan fingerprint density at radius 1 is 0.525 bits per heavy atom. The van der Waals surface area contributed by atoms with Crippen molar-refractivity contribution < 1.29 is 115 Å². The van der Waals surface area contributed by atoms with E-state index in [9.17, 15) is 86.2 Å². The Kier molecular flexibility index (Phi) is 42.8. The lowest BCUT2D eigenvalue weighted by atomic mass is 9.85. The Labute approximate surface area is 832 Å². The number of amides is 4. The molecular formula is C98H121Br3F7N11O18S2. The number of hydrogen-bond acceptors (Lipinski definition) is 21. The van der Waals surface area contributed by atoms with Gasteiger partial charge in [0.25, 0.3) is 20.0 Å². The molecule has 29 nitrogen and oxygen atoms in total. The third kappa shape index (κ3) is 37.7. The van der Waals surface area contributed by atoms with E-state index in [1.165, 1.54) is 60.3 Å². The van der Waals surface area contributed by atoms with Gasteiger partial charge >= 0.3 is 36.5 Å². The van der Waals surface area contributed by atoms with Crippen LogP contribution in [0.2, 0.25) is 0 Å². The summed E-state index contributed by atoms with van der Waals surface area (Å²) in [6.45, 7) is 31.7. The number of hydrazone groups is 1. The van der Waals surface area contributed by atoms with E-state index in [1.807, 2.05) is 116 Å². The molecule has 5 fully saturated rings. The summed E-state index contributed by atoms with van der Waals surface area (Å²) in [6.07, 6.45) is 3.80. The van der Waals surface area contributed by atoms with Crippen LogP contribution >= 0.6 is 47.8 Å². The number of aliphatic carboxylic acids is 1. The standard InChI is InChI=1S/C21H20FN3.C17H23BrFNO3.C17H21BrFNO3.C17H25N3O4S.C10H17NO3.C7H4BrFO.C7H10N2O2S.C2HF3O2/c22-16-6-7-18-19(12-16)21(25-14-23-13-20(18)25)15-8-10-24(11-9-15)17-4-2-1-3-5-17;2*1-17(2,3)23-16(22)20-8-6-11(7-9-20)15(21)13-10-12(19)4-5-14(13)18;1-13-5-7-15(8-6-13)25(22,23)19-18-14-9-11-20(12-10-14)16(21)24-17(2,3)4;1-10(2,3)14-9(13)11-6-4-8(12)5-7-11;8-7-2-1-6(9)3-5(7)4-10;1-6-2-4-7(5-3-6)12(10,11)9-8;3-2(4,5)1(6)7/h1-7,12-15,21H,8-11H2;4-5,10-11,15,21H,6-9H2,1-3H3;4-5,10-11H,6-9H2,1-3H3;5-8,19H,9-12H2,1-4H3;4-7H2,1-3H3;1-4H;2-5,9H,8H2,1H3;(H,6,7). The van der Waals surface area contributed by atoms with E-state index >= 15 is 0 Å². The molecule has 6 aliphatic heterocycles. The number of aryl methyl sites for hydroxylation is 2. The van der Waals surface area contributed by atoms with Gasteiger partial charge in [0.1, 0.15) is 51.5 Å². The highest BCUT2D eigenvalue weighted by Gasteiger charge is 2.40. The number of carbonyl (C=O) groups excluding carboxylic acids is 7. The lowest BCUT2D eigenvalue weighted by molar-refractivity contribution is -0.192. The van der Waals surface area contributed by atoms with Crippen LogP contribution in [0.25, 0.3) is 11.3 Å². The quantitative estimate of drug-likeness (QED) is 0.0189. The summed E-state index contributed by atoms with van der Waals surface area (Å²) in [7, 11) is -7.16. The lowest BCUT2D eigenvalue weighted by Crippen LogP contribution is -2.43. The maximum absolute atomic E-state index is 13.9. The molecule has 4 amide bonds. The number of Topliss-reactive ketones (excluding diaryl/α,β-unsaturated/α-hetero) is 2. The number of carbonyl (C=O) groups is 8. The zero-order valence-electron chi connectivity index (χ0n) is 79.9. The van der Waals surface area contributed by atoms with Gasteiger partial charge in [-0.25, -0.2) is 59.8 Å². The molecule has 41 heteroatoms. The van der Waals surface area contributed by atoms with E-state index in [1.54, 1.807) is 85.1 Å². The monoisotopic (exact) mass is 2170 g/mol. The number of halogens is 10. The average Bonchev–Trinajstić information content (AvgIpc) is 1.59. The van der Waals surface area contributed by atoms with Gasteiger partial charge in [-0.15, -0.1) is 0 Å². The number of hydrazine groups is 1. The highest BCUT2D eigenvalue weighted by molar-refractivity contribution is 9.11. The fourth-order valence-electron chi connectivity index (χ4n) is 14.7. The van der Waals surface area contributed by atoms with E-state index in [0.717, 1.165) is 59.6 Å². The van der Waals surface area contributed by atoms with E-state index in [-0.39, 0.29) is 75.2 Å². The fourth-order valence-corrected chi connectivity index (χ4v) is 17.4. The molecule has 2 atom stereocenters. The SMILES string of the molecule is CC(C)(C)OC(=O)N1CCC(=O)CC1.CC(C)(C)OC(=O)N1CCC(C(=O)c2cc(F)ccc2Br)CC1.CC(C)(C)OC(=O)N1CCC(C(O)c2cc(F)ccc2Br)CC1.Cc1ccc(S(=O)(=O)NN)cc1.Cc1ccc(S(=O)(=O)NN=C2CCN(C(=O)OC(C)(C)C)CC2)cc1.Fc1ccc2c(c1)C(C1CCN(c3ccccc3)CC1)n1cncc1-2.O=C(O)C(F)(F)F.O=Cc1cc(F)ccc1Br. The summed E-state index contributed by atoms with van der Waals surface area (Å²) < 4.78 is 157. The van der Waals surface area contributed by atoms with Gasteiger partial charge in [0.15, 0.2) is 12.1 Å². The predicted molar refractivity (Wildman–Crippen MR) is 523 cm³/mol. The van der Waals surface area contributed by atoms with Gasteiger partial charge in [0, 0.05) is 139 Å². The highest BCUT2D eigenvalue weighted by Crippen LogP contribution is 2.47. The first-order valence-electron chi connectivity index (χ1n) is 44.7. The number of benzene rings is 7. The van der Waals surface area contributed by atoms with Crippen molar-refractivity contribution >= 4 is 127 Å². The molecule has 2 unspecified atom stereocenters. The fraction of sp³-hybridized carbons (Fsp3) is 0.449. The molecule has 8 aromatic rings. The minimum absolute atomic E-state index is 0.00760. The van der Waals surface area contributed by atoms with Crippen LogP contribution in [-0.4, -0.2) is 204 Å². The Morgan fingerprint density at radius 3 is 1.38 bits per heavy atom. The van der Waals surface area contributed by atoms with Crippen LogP contribution in [0, 0.1) is 54.9 Å².